The van der Waals surface area contributed by atoms with E-state index in [1.807, 2.05) is 0 Å². The van der Waals surface area contributed by atoms with E-state index in [0.29, 0.717) is 0 Å². The molecule has 26 heavy (non-hydrogen) atoms. The van der Waals surface area contributed by atoms with Crippen LogP contribution in [0.2, 0.25) is 0 Å². The first kappa shape index (κ1) is 21.1. The molecule has 144 valence electrons. The van der Waals surface area contributed by atoms with Gasteiger partial charge in [-0.15, -0.1) is 0 Å². The Morgan fingerprint density at radius 1 is 1.12 bits per heavy atom. The van der Waals surface area contributed by atoms with Gasteiger partial charge >= 0.3 is 24.0 Å². The highest BCUT2D eigenvalue weighted by atomic mass is 19.4. The lowest BCUT2D eigenvalue weighted by molar-refractivity contribution is -0.285. The minimum absolute atomic E-state index is 0.238. The maximum absolute atomic E-state index is 13.6. The third-order valence-corrected chi connectivity index (χ3v) is 2.87. The maximum Gasteiger partial charge on any atom is 0.463 e. The molecule has 1 amide bonds. The maximum atomic E-state index is 13.6. The normalized spacial score (nSPS) is 14.1. The molecule has 3 N–H and O–H groups in total. The van der Waals surface area contributed by atoms with E-state index in [0.717, 1.165) is 0 Å². The fourth-order valence-electron chi connectivity index (χ4n) is 1.67. The molecule has 0 fully saturated rings. The molecule has 0 aliphatic rings. The van der Waals surface area contributed by atoms with Crippen LogP contribution in [0.15, 0.2) is 35.5 Å². The minimum Gasteiger partial charge on any atom is -0.461 e. The summed E-state index contributed by atoms with van der Waals surface area (Å²) in [6.45, 7) is 2.01. The lowest BCUT2D eigenvalue weighted by Gasteiger charge is -2.30. The van der Waals surface area contributed by atoms with E-state index in [1.165, 1.54) is 31.3 Å². The monoisotopic (exact) mass is 377 g/mol. The lowest BCUT2D eigenvalue weighted by Crippen LogP contribution is -2.65. The van der Waals surface area contributed by atoms with Crippen LogP contribution in [-0.4, -0.2) is 43.0 Å². The van der Waals surface area contributed by atoms with Crippen molar-refractivity contribution in [2.24, 2.45) is 10.9 Å². The quantitative estimate of drug-likeness (QED) is 0.247. The molecule has 11 heteroatoms. The van der Waals surface area contributed by atoms with Gasteiger partial charge < -0.3 is 20.0 Å². The molecule has 0 radical (unpaired) electrons. The van der Waals surface area contributed by atoms with E-state index < -0.39 is 36.4 Å². The number of oxime groups is 1. The van der Waals surface area contributed by atoms with Crippen LogP contribution < -0.4 is 11.1 Å². The zero-order valence-corrected chi connectivity index (χ0v) is 14.0. The fraction of sp³-hybridized carbons (Fsp3) is 0.400. The van der Waals surface area contributed by atoms with Gasteiger partial charge in [-0.05, 0) is 13.8 Å². The molecular weight excluding hydrogens is 359 g/mol. The van der Waals surface area contributed by atoms with Gasteiger partial charge in [0.1, 0.15) is 0 Å². The van der Waals surface area contributed by atoms with Gasteiger partial charge in [-0.2, -0.15) is 13.2 Å². The van der Waals surface area contributed by atoms with Crippen molar-refractivity contribution >= 4 is 17.9 Å². The van der Waals surface area contributed by atoms with Gasteiger partial charge in [0.05, 0.1) is 13.2 Å². The number of esters is 1. The van der Waals surface area contributed by atoms with Crippen LogP contribution in [0, 0.1) is 0 Å². The second-order valence-electron chi connectivity index (χ2n) is 4.68. The predicted molar refractivity (Wildman–Crippen MR) is 83.8 cm³/mol. The molecule has 0 bridgehead atoms. The molecule has 1 atom stereocenters. The molecule has 0 unspecified atom stereocenters. The Kier molecular flexibility index (Phi) is 7.23. The fourth-order valence-corrected chi connectivity index (χ4v) is 1.67. The Morgan fingerprint density at radius 2 is 1.69 bits per heavy atom. The van der Waals surface area contributed by atoms with Crippen LogP contribution in [0.5, 0.6) is 0 Å². The standard InChI is InChI=1S/C15H18F3N3O5/c1-3-24-12(22)14(15(16,17)18,20-13(23)25-4-2)26-21-11(19)10-8-6-5-7-9-10/h5-9H,3-4H2,1-2H3,(H2,19,21)(H,20,23)/t14-/m0/s1. The number of hydrogen-bond donors (Lipinski definition) is 2. The molecule has 0 aliphatic heterocycles. The van der Waals surface area contributed by atoms with E-state index in [4.69, 9.17) is 5.73 Å². The summed E-state index contributed by atoms with van der Waals surface area (Å²) in [6.07, 6.45) is -6.97. The summed E-state index contributed by atoms with van der Waals surface area (Å²) >= 11 is 0. The zero-order chi connectivity index (χ0) is 19.8. The van der Waals surface area contributed by atoms with Crippen molar-refractivity contribution in [1.82, 2.24) is 5.32 Å². The number of ether oxygens (including phenoxy) is 2. The van der Waals surface area contributed by atoms with Crippen molar-refractivity contribution in [2.45, 2.75) is 25.7 Å². The molecule has 1 aromatic rings. The number of alkyl halides is 3. The van der Waals surface area contributed by atoms with Gasteiger partial charge in [0.25, 0.3) is 0 Å². The van der Waals surface area contributed by atoms with Crippen LogP contribution in [-0.2, 0) is 19.1 Å². The van der Waals surface area contributed by atoms with Crippen molar-refractivity contribution in [1.29, 1.82) is 0 Å². The summed E-state index contributed by atoms with van der Waals surface area (Å²) < 4.78 is 49.6. The van der Waals surface area contributed by atoms with Crippen molar-refractivity contribution in [3.05, 3.63) is 35.9 Å². The number of benzene rings is 1. The number of carbonyl (C=O) groups excluding carboxylic acids is 2. The Labute approximate surface area is 147 Å². The van der Waals surface area contributed by atoms with Gasteiger partial charge in [0, 0.05) is 5.56 Å². The van der Waals surface area contributed by atoms with Crippen LogP contribution in [0.3, 0.4) is 0 Å². The van der Waals surface area contributed by atoms with E-state index in [9.17, 15) is 22.8 Å². The van der Waals surface area contributed by atoms with Crippen LogP contribution >= 0.6 is 0 Å². The molecule has 0 spiro atoms. The van der Waals surface area contributed by atoms with Gasteiger partial charge in [-0.25, -0.2) is 9.59 Å². The van der Waals surface area contributed by atoms with Crippen molar-refractivity contribution in [3.63, 3.8) is 0 Å². The molecule has 0 saturated heterocycles. The number of nitrogens with one attached hydrogen (secondary N) is 1. The average molecular weight is 377 g/mol. The van der Waals surface area contributed by atoms with Crippen molar-refractivity contribution < 1.29 is 37.1 Å². The van der Waals surface area contributed by atoms with Gasteiger partial charge in [0.15, 0.2) is 5.84 Å². The van der Waals surface area contributed by atoms with Crippen LogP contribution in [0.4, 0.5) is 18.0 Å². The summed E-state index contributed by atoms with van der Waals surface area (Å²) in [6, 6.07) is 7.70. The number of halogens is 3. The Morgan fingerprint density at radius 3 is 2.19 bits per heavy atom. The second kappa shape index (κ2) is 8.92. The van der Waals surface area contributed by atoms with E-state index in [2.05, 4.69) is 19.5 Å². The molecule has 1 rings (SSSR count). The SMILES string of the molecule is CCOC(=O)N[C@](O/N=C(/N)c1ccccc1)(C(=O)OCC)C(F)(F)F. The molecule has 0 aliphatic carbocycles. The average Bonchev–Trinajstić information content (AvgIpc) is 2.58. The molecule has 0 aromatic heterocycles. The zero-order valence-electron chi connectivity index (χ0n) is 14.0. The number of rotatable bonds is 7. The lowest BCUT2D eigenvalue weighted by atomic mass is 10.2. The van der Waals surface area contributed by atoms with Gasteiger partial charge in [0.2, 0.25) is 0 Å². The third-order valence-electron chi connectivity index (χ3n) is 2.87. The van der Waals surface area contributed by atoms with E-state index in [1.54, 1.807) is 18.2 Å². The highest BCUT2D eigenvalue weighted by Gasteiger charge is 2.67. The first-order chi connectivity index (χ1) is 12.2. The summed E-state index contributed by atoms with van der Waals surface area (Å²) in [7, 11) is 0. The number of nitrogens with two attached hydrogens (primary N) is 1. The van der Waals surface area contributed by atoms with Crippen molar-refractivity contribution in [2.75, 3.05) is 13.2 Å². The largest absolute Gasteiger partial charge is 0.463 e. The topological polar surface area (TPSA) is 112 Å². The van der Waals surface area contributed by atoms with Gasteiger partial charge in [-0.3, -0.25) is 5.32 Å². The third kappa shape index (κ3) is 5.01. The molecular formula is C15H18F3N3O5. The molecule has 8 nitrogen and oxygen atoms in total. The minimum atomic E-state index is -5.42. The van der Waals surface area contributed by atoms with Crippen molar-refractivity contribution in [3.8, 4) is 0 Å². The molecule has 0 heterocycles. The summed E-state index contributed by atoms with van der Waals surface area (Å²) in [4.78, 5) is 27.9. The molecule has 0 saturated carbocycles. The molecule has 1 aromatic carbocycles. The smallest absolute Gasteiger partial charge is 0.461 e. The first-order valence-corrected chi connectivity index (χ1v) is 7.43. The van der Waals surface area contributed by atoms with Crippen LogP contribution in [0.1, 0.15) is 19.4 Å². The summed E-state index contributed by atoms with van der Waals surface area (Å²) in [5, 5.41) is 4.47. The Balaban J connectivity index is 3.28. The number of hydrogen-bond acceptors (Lipinski definition) is 6. The van der Waals surface area contributed by atoms with Gasteiger partial charge in [-0.1, -0.05) is 35.5 Å². The van der Waals surface area contributed by atoms with E-state index in [-0.39, 0.29) is 12.2 Å². The number of carbonyl (C=O) groups is 2. The number of amidine groups is 1. The second-order valence-corrected chi connectivity index (χ2v) is 4.68. The number of nitrogens with zero attached hydrogens (tertiary/aromatic N) is 1. The predicted octanol–water partition coefficient (Wildman–Crippen LogP) is 1.89. The number of amides is 1. The van der Waals surface area contributed by atoms with Crippen LogP contribution in [0.25, 0.3) is 0 Å². The highest BCUT2D eigenvalue weighted by Crippen LogP contribution is 2.33. The Hall–Kier alpha value is -2.98. The first-order valence-electron chi connectivity index (χ1n) is 7.43. The highest BCUT2D eigenvalue weighted by molar-refractivity contribution is 5.97. The van der Waals surface area contributed by atoms with E-state index >= 15 is 0 Å². The summed E-state index contributed by atoms with van der Waals surface area (Å²) in [5.74, 6) is -2.38. The Bertz CT molecular complexity index is 652. The summed E-state index contributed by atoms with van der Waals surface area (Å²) in [5.41, 5.74) is 1.89. The number of alkyl carbamates (subject to hydrolysis) is 1.